The standard InChI is InChI=1S/C13H12N6O2/c20-12-13(21)15-11-8-4-6(5-10-16-18-19-17-10)3-7(8)1-2-9(11)14-12/h1-2,6H,3-5H2,(H,14,20)(H,15,21)(H,16,17,18,19). The molecule has 4 rings (SSSR count). The highest BCUT2D eigenvalue weighted by molar-refractivity contribution is 5.79. The first-order valence-electron chi connectivity index (χ1n) is 6.70. The number of nitrogens with one attached hydrogen (secondary N) is 3. The molecular formula is C13H12N6O2. The van der Waals surface area contributed by atoms with Crippen LogP contribution in [0.2, 0.25) is 0 Å². The summed E-state index contributed by atoms with van der Waals surface area (Å²) in [6.45, 7) is 0. The van der Waals surface area contributed by atoms with Crippen LogP contribution in [0, 0.1) is 5.92 Å². The normalized spacial score (nSPS) is 17.2. The summed E-state index contributed by atoms with van der Waals surface area (Å²) in [5.41, 5.74) is 2.45. The molecular weight excluding hydrogens is 272 g/mol. The fraction of sp³-hybridized carbons (Fsp3) is 0.308. The monoisotopic (exact) mass is 284 g/mol. The van der Waals surface area contributed by atoms with E-state index in [1.807, 2.05) is 12.1 Å². The fourth-order valence-electron chi connectivity index (χ4n) is 3.06. The average molecular weight is 284 g/mol. The third-order valence-corrected chi connectivity index (χ3v) is 3.96. The van der Waals surface area contributed by atoms with E-state index < -0.39 is 11.1 Å². The summed E-state index contributed by atoms with van der Waals surface area (Å²) >= 11 is 0. The minimum atomic E-state index is -0.621. The molecule has 0 radical (unpaired) electrons. The molecule has 0 aliphatic heterocycles. The van der Waals surface area contributed by atoms with Gasteiger partial charge < -0.3 is 9.97 Å². The van der Waals surface area contributed by atoms with Gasteiger partial charge in [0.15, 0.2) is 5.82 Å². The molecule has 1 aliphatic rings. The van der Waals surface area contributed by atoms with Crippen molar-refractivity contribution in [2.75, 3.05) is 0 Å². The molecule has 3 N–H and O–H groups in total. The highest BCUT2D eigenvalue weighted by Gasteiger charge is 2.25. The first-order valence-corrected chi connectivity index (χ1v) is 6.70. The second-order valence-corrected chi connectivity index (χ2v) is 5.34. The van der Waals surface area contributed by atoms with Crippen LogP contribution in [0.5, 0.6) is 0 Å². The van der Waals surface area contributed by atoms with E-state index in [0.717, 1.165) is 30.3 Å². The van der Waals surface area contributed by atoms with Gasteiger partial charge in [-0.05, 0) is 36.0 Å². The van der Waals surface area contributed by atoms with Gasteiger partial charge in [0, 0.05) is 6.42 Å². The van der Waals surface area contributed by atoms with E-state index in [1.165, 1.54) is 5.56 Å². The lowest BCUT2D eigenvalue weighted by Gasteiger charge is -2.04. The van der Waals surface area contributed by atoms with Gasteiger partial charge in [0.1, 0.15) is 0 Å². The summed E-state index contributed by atoms with van der Waals surface area (Å²) in [4.78, 5) is 28.2. The van der Waals surface area contributed by atoms with E-state index in [9.17, 15) is 9.59 Å². The molecule has 106 valence electrons. The van der Waals surface area contributed by atoms with Crippen LogP contribution in [0.4, 0.5) is 0 Å². The molecule has 1 aliphatic carbocycles. The number of tetrazole rings is 1. The van der Waals surface area contributed by atoms with E-state index >= 15 is 0 Å². The maximum atomic E-state index is 11.5. The SMILES string of the molecule is O=c1[nH]c2ccc3c(c2[nH]c1=O)CC(Cc1nn[nH]n1)C3. The largest absolute Gasteiger partial charge is 0.316 e. The average Bonchev–Trinajstić information content (AvgIpc) is 3.10. The van der Waals surface area contributed by atoms with Gasteiger partial charge in [0.05, 0.1) is 11.0 Å². The third kappa shape index (κ3) is 1.95. The molecule has 2 aromatic heterocycles. The predicted octanol–water partition coefficient (Wildman–Crippen LogP) is -0.313. The van der Waals surface area contributed by atoms with E-state index in [4.69, 9.17) is 0 Å². The van der Waals surface area contributed by atoms with Crippen molar-refractivity contribution < 1.29 is 0 Å². The van der Waals surface area contributed by atoms with E-state index in [0.29, 0.717) is 17.3 Å². The zero-order valence-corrected chi connectivity index (χ0v) is 11.0. The molecule has 21 heavy (non-hydrogen) atoms. The molecule has 0 bridgehead atoms. The summed E-state index contributed by atoms with van der Waals surface area (Å²) in [5.74, 6) is 1.07. The maximum absolute atomic E-state index is 11.5. The fourth-order valence-corrected chi connectivity index (χ4v) is 3.06. The van der Waals surface area contributed by atoms with Crippen LogP contribution in [0.3, 0.4) is 0 Å². The van der Waals surface area contributed by atoms with Gasteiger partial charge in [-0.3, -0.25) is 9.59 Å². The number of aromatic amines is 3. The first-order chi connectivity index (χ1) is 10.2. The molecule has 0 saturated carbocycles. The predicted molar refractivity (Wildman–Crippen MR) is 74.0 cm³/mol. The molecule has 1 unspecified atom stereocenters. The number of hydrogen-bond donors (Lipinski definition) is 3. The van der Waals surface area contributed by atoms with Crippen molar-refractivity contribution in [1.29, 1.82) is 0 Å². The Kier molecular flexibility index (Phi) is 2.50. The zero-order valence-electron chi connectivity index (χ0n) is 11.0. The first kappa shape index (κ1) is 12.0. The van der Waals surface area contributed by atoms with E-state index in [2.05, 4.69) is 30.6 Å². The lowest BCUT2D eigenvalue weighted by atomic mass is 10.0. The van der Waals surface area contributed by atoms with Crippen molar-refractivity contribution >= 4 is 11.0 Å². The topological polar surface area (TPSA) is 120 Å². The van der Waals surface area contributed by atoms with Crippen LogP contribution in [0.1, 0.15) is 17.0 Å². The Morgan fingerprint density at radius 3 is 2.81 bits per heavy atom. The van der Waals surface area contributed by atoms with Crippen molar-refractivity contribution in [3.05, 3.63) is 49.8 Å². The van der Waals surface area contributed by atoms with Gasteiger partial charge in [-0.15, -0.1) is 10.2 Å². The van der Waals surface area contributed by atoms with Crippen LogP contribution in [0.25, 0.3) is 11.0 Å². The quantitative estimate of drug-likeness (QED) is 0.557. The molecule has 1 atom stereocenters. The number of benzene rings is 1. The van der Waals surface area contributed by atoms with Crippen molar-refractivity contribution in [1.82, 2.24) is 30.6 Å². The number of hydrogen-bond acceptors (Lipinski definition) is 5. The summed E-state index contributed by atoms with van der Waals surface area (Å²) in [6, 6.07) is 3.84. The lowest BCUT2D eigenvalue weighted by Crippen LogP contribution is -2.29. The maximum Gasteiger partial charge on any atom is 0.314 e. The van der Waals surface area contributed by atoms with Crippen molar-refractivity contribution in [3.8, 4) is 0 Å². The smallest absolute Gasteiger partial charge is 0.314 e. The molecule has 3 aromatic rings. The molecule has 0 fully saturated rings. The van der Waals surface area contributed by atoms with Crippen LogP contribution < -0.4 is 11.1 Å². The van der Waals surface area contributed by atoms with Gasteiger partial charge in [0.25, 0.3) is 0 Å². The highest BCUT2D eigenvalue weighted by atomic mass is 16.2. The van der Waals surface area contributed by atoms with Crippen LogP contribution in [-0.4, -0.2) is 30.6 Å². The second kappa shape index (κ2) is 4.37. The van der Waals surface area contributed by atoms with Crippen molar-refractivity contribution in [2.24, 2.45) is 5.92 Å². The number of fused-ring (bicyclic) bond motifs is 3. The number of aromatic nitrogens is 6. The summed E-state index contributed by atoms with van der Waals surface area (Å²) < 4.78 is 0. The molecule has 8 heteroatoms. The van der Waals surface area contributed by atoms with Gasteiger partial charge in [-0.1, -0.05) is 11.3 Å². The molecule has 1 aromatic carbocycles. The minimum Gasteiger partial charge on any atom is -0.316 e. The second-order valence-electron chi connectivity index (χ2n) is 5.34. The lowest BCUT2D eigenvalue weighted by molar-refractivity contribution is 0.543. The van der Waals surface area contributed by atoms with Gasteiger partial charge >= 0.3 is 11.1 Å². The highest BCUT2D eigenvalue weighted by Crippen LogP contribution is 2.32. The molecule has 0 spiro atoms. The Labute approximate surface area is 117 Å². The third-order valence-electron chi connectivity index (χ3n) is 3.96. The van der Waals surface area contributed by atoms with E-state index in [1.54, 1.807) is 0 Å². The van der Waals surface area contributed by atoms with Gasteiger partial charge in [-0.25, -0.2) is 0 Å². The Morgan fingerprint density at radius 2 is 2.00 bits per heavy atom. The molecule has 0 saturated heterocycles. The molecule has 8 nitrogen and oxygen atoms in total. The van der Waals surface area contributed by atoms with E-state index in [-0.39, 0.29) is 0 Å². The summed E-state index contributed by atoms with van der Waals surface area (Å²) in [5, 5.41) is 14.0. The van der Waals surface area contributed by atoms with Crippen LogP contribution in [0.15, 0.2) is 21.7 Å². The van der Waals surface area contributed by atoms with Crippen molar-refractivity contribution in [3.63, 3.8) is 0 Å². The summed E-state index contributed by atoms with van der Waals surface area (Å²) in [6.07, 6.45) is 2.46. The number of rotatable bonds is 2. The number of H-pyrrole nitrogens is 3. The van der Waals surface area contributed by atoms with Crippen LogP contribution in [-0.2, 0) is 19.3 Å². The van der Waals surface area contributed by atoms with Gasteiger partial charge in [0.2, 0.25) is 0 Å². The Balaban J connectivity index is 1.75. The number of nitrogens with zero attached hydrogens (tertiary/aromatic N) is 3. The Morgan fingerprint density at radius 1 is 1.14 bits per heavy atom. The minimum absolute atomic E-state index is 0.374. The van der Waals surface area contributed by atoms with Crippen LogP contribution >= 0.6 is 0 Å². The Hall–Kier alpha value is -2.77. The summed E-state index contributed by atoms with van der Waals surface area (Å²) in [7, 11) is 0. The zero-order chi connectivity index (χ0) is 14.4. The molecule has 0 amide bonds. The Bertz CT molecular complexity index is 924. The molecule has 2 heterocycles. The van der Waals surface area contributed by atoms with Gasteiger partial charge in [-0.2, -0.15) is 5.21 Å². The van der Waals surface area contributed by atoms with Crippen molar-refractivity contribution in [2.45, 2.75) is 19.3 Å².